The van der Waals surface area contributed by atoms with Crippen molar-refractivity contribution in [2.75, 3.05) is 0 Å². The van der Waals surface area contributed by atoms with Gasteiger partial charge in [-0.15, -0.1) is 0 Å². The third-order valence-electron chi connectivity index (χ3n) is 2.83. The lowest BCUT2D eigenvalue weighted by Crippen LogP contribution is -1.90. The number of nitrogens with zero attached hydrogens (tertiary/aromatic N) is 1. The van der Waals surface area contributed by atoms with Gasteiger partial charge in [0.2, 0.25) is 0 Å². The van der Waals surface area contributed by atoms with Crippen LogP contribution >= 0.6 is 11.6 Å². The fraction of sp³-hybridized carbons (Fsp3) is 0.0625. The molecule has 0 aromatic heterocycles. The summed E-state index contributed by atoms with van der Waals surface area (Å²) in [6.07, 6.45) is 0. The molecular formula is C16H11ClFN. The van der Waals surface area contributed by atoms with Crippen LogP contribution in [0.1, 0.15) is 16.7 Å². The molecule has 0 saturated carbocycles. The van der Waals surface area contributed by atoms with Crippen LogP contribution in [0.5, 0.6) is 0 Å². The first kappa shape index (κ1) is 13.3. The van der Waals surface area contributed by atoms with Crippen LogP contribution in [0.2, 0.25) is 0 Å². The minimum atomic E-state index is -0.371. The SMILES string of the molecule is Cc1ccc(F)cc1C(Cl)=C(C#N)c1ccccc1. The van der Waals surface area contributed by atoms with Crippen molar-refractivity contribution in [2.24, 2.45) is 0 Å². The molecule has 0 amide bonds. The minimum absolute atomic E-state index is 0.269. The molecule has 0 aliphatic rings. The fourth-order valence-corrected chi connectivity index (χ4v) is 2.17. The molecule has 2 aromatic rings. The standard InChI is InChI=1S/C16H11ClFN/c1-11-7-8-13(18)9-14(11)16(17)15(10-19)12-5-3-2-4-6-12/h2-9H,1H3. The Morgan fingerprint density at radius 1 is 1.16 bits per heavy atom. The first-order valence-electron chi connectivity index (χ1n) is 5.75. The normalized spacial score (nSPS) is 11.7. The van der Waals surface area contributed by atoms with E-state index in [1.165, 1.54) is 12.1 Å². The maximum Gasteiger partial charge on any atom is 0.123 e. The molecule has 0 aliphatic carbocycles. The molecule has 19 heavy (non-hydrogen) atoms. The number of hydrogen-bond donors (Lipinski definition) is 0. The second kappa shape index (κ2) is 5.69. The van der Waals surface area contributed by atoms with E-state index in [1.54, 1.807) is 18.2 Å². The third kappa shape index (κ3) is 2.83. The zero-order chi connectivity index (χ0) is 13.8. The summed E-state index contributed by atoms with van der Waals surface area (Å²) < 4.78 is 13.3. The van der Waals surface area contributed by atoms with Crippen molar-refractivity contribution in [1.29, 1.82) is 5.26 Å². The molecule has 0 atom stereocenters. The molecule has 2 rings (SSSR count). The maximum absolute atomic E-state index is 13.3. The van der Waals surface area contributed by atoms with Crippen LogP contribution in [-0.4, -0.2) is 0 Å². The Morgan fingerprint density at radius 2 is 1.84 bits per heavy atom. The van der Waals surface area contributed by atoms with Crippen LogP contribution in [0.25, 0.3) is 10.6 Å². The van der Waals surface area contributed by atoms with Gasteiger partial charge in [-0.3, -0.25) is 0 Å². The Bertz CT molecular complexity index is 669. The third-order valence-corrected chi connectivity index (χ3v) is 3.22. The lowest BCUT2D eigenvalue weighted by atomic mass is 10.0. The second-order valence-electron chi connectivity index (χ2n) is 4.13. The molecule has 94 valence electrons. The summed E-state index contributed by atoms with van der Waals surface area (Å²) in [5.41, 5.74) is 2.44. The zero-order valence-electron chi connectivity index (χ0n) is 10.3. The van der Waals surface area contributed by atoms with Crippen LogP contribution in [0, 0.1) is 24.1 Å². The van der Waals surface area contributed by atoms with E-state index in [2.05, 4.69) is 6.07 Å². The van der Waals surface area contributed by atoms with Crippen molar-refractivity contribution in [1.82, 2.24) is 0 Å². The van der Waals surface area contributed by atoms with E-state index >= 15 is 0 Å². The van der Waals surface area contributed by atoms with Crippen LogP contribution in [0.15, 0.2) is 48.5 Å². The van der Waals surface area contributed by atoms with Gasteiger partial charge in [0, 0.05) is 5.56 Å². The van der Waals surface area contributed by atoms with Crippen LogP contribution in [0.4, 0.5) is 4.39 Å². The summed E-state index contributed by atoms with van der Waals surface area (Å²) in [5, 5.41) is 9.55. The average Bonchev–Trinajstić information content (AvgIpc) is 2.43. The summed E-state index contributed by atoms with van der Waals surface area (Å²) in [5.74, 6) is -0.371. The Hall–Kier alpha value is -2.11. The van der Waals surface area contributed by atoms with Crippen molar-refractivity contribution in [3.63, 3.8) is 0 Å². The number of benzene rings is 2. The van der Waals surface area contributed by atoms with Gasteiger partial charge in [-0.1, -0.05) is 48.0 Å². The van der Waals surface area contributed by atoms with E-state index in [0.29, 0.717) is 11.1 Å². The van der Waals surface area contributed by atoms with Gasteiger partial charge in [-0.25, -0.2) is 4.39 Å². The molecule has 1 nitrogen and oxygen atoms in total. The van der Waals surface area contributed by atoms with Crippen molar-refractivity contribution < 1.29 is 4.39 Å². The predicted molar refractivity (Wildman–Crippen MR) is 75.9 cm³/mol. The largest absolute Gasteiger partial charge is 0.207 e. The molecule has 0 aliphatic heterocycles. The molecule has 0 fully saturated rings. The lowest BCUT2D eigenvalue weighted by molar-refractivity contribution is 0.627. The second-order valence-corrected chi connectivity index (χ2v) is 4.50. The van der Waals surface area contributed by atoms with Gasteiger partial charge in [-0.2, -0.15) is 5.26 Å². The van der Waals surface area contributed by atoms with E-state index in [-0.39, 0.29) is 10.8 Å². The smallest absolute Gasteiger partial charge is 0.123 e. The quantitative estimate of drug-likeness (QED) is 0.570. The monoisotopic (exact) mass is 271 g/mol. The highest BCUT2D eigenvalue weighted by molar-refractivity contribution is 6.53. The van der Waals surface area contributed by atoms with Gasteiger partial charge < -0.3 is 0 Å². The van der Waals surface area contributed by atoms with Crippen LogP contribution in [-0.2, 0) is 0 Å². The Balaban J connectivity index is 2.62. The molecule has 0 unspecified atom stereocenters. The van der Waals surface area contributed by atoms with Gasteiger partial charge >= 0.3 is 0 Å². The van der Waals surface area contributed by atoms with Gasteiger partial charge in [0.15, 0.2) is 0 Å². The lowest BCUT2D eigenvalue weighted by Gasteiger charge is -2.07. The van der Waals surface area contributed by atoms with Crippen LogP contribution in [0.3, 0.4) is 0 Å². The molecular weight excluding hydrogens is 261 g/mol. The van der Waals surface area contributed by atoms with Crippen molar-refractivity contribution in [2.45, 2.75) is 6.92 Å². The Kier molecular flexibility index (Phi) is 3.99. The molecule has 0 N–H and O–H groups in total. The van der Waals surface area contributed by atoms with Gasteiger partial charge in [0.05, 0.1) is 10.6 Å². The molecule has 0 saturated heterocycles. The average molecular weight is 272 g/mol. The Morgan fingerprint density at radius 3 is 2.47 bits per heavy atom. The minimum Gasteiger partial charge on any atom is -0.207 e. The van der Waals surface area contributed by atoms with E-state index < -0.39 is 0 Å². The predicted octanol–water partition coefficient (Wildman–Crippen LogP) is 4.76. The first-order chi connectivity index (χ1) is 9.13. The molecule has 2 aromatic carbocycles. The highest BCUT2D eigenvalue weighted by atomic mass is 35.5. The van der Waals surface area contributed by atoms with E-state index in [4.69, 9.17) is 11.6 Å². The van der Waals surface area contributed by atoms with Gasteiger partial charge in [-0.05, 0) is 30.2 Å². The summed E-state index contributed by atoms with van der Waals surface area (Å²) >= 11 is 6.27. The number of aryl methyl sites for hydroxylation is 1. The number of hydrogen-bond acceptors (Lipinski definition) is 1. The summed E-state index contributed by atoms with van der Waals surface area (Å²) in [6.45, 7) is 1.83. The molecule has 0 heterocycles. The summed E-state index contributed by atoms with van der Waals surface area (Å²) in [4.78, 5) is 0. The molecule has 0 spiro atoms. The van der Waals surface area contributed by atoms with Crippen molar-refractivity contribution >= 4 is 22.2 Å². The topological polar surface area (TPSA) is 23.8 Å². The fourth-order valence-electron chi connectivity index (χ4n) is 1.81. The van der Waals surface area contributed by atoms with E-state index in [9.17, 15) is 9.65 Å². The highest BCUT2D eigenvalue weighted by Crippen LogP contribution is 2.31. The van der Waals surface area contributed by atoms with Crippen LogP contribution < -0.4 is 0 Å². The molecule has 0 bridgehead atoms. The number of rotatable bonds is 2. The Labute approximate surface area is 116 Å². The maximum atomic E-state index is 13.3. The summed E-state index contributed by atoms with van der Waals surface area (Å²) in [6, 6.07) is 15.6. The number of allylic oxidation sites excluding steroid dienone is 1. The number of halogens is 2. The molecule has 3 heteroatoms. The van der Waals surface area contributed by atoms with Crippen molar-refractivity contribution in [3.05, 3.63) is 71.0 Å². The van der Waals surface area contributed by atoms with E-state index in [1.807, 2.05) is 25.1 Å². The van der Waals surface area contributed by atoms with E-state index in [0.717, 1.165) is 11.1 Å². The zero-order valence-corrected chi connectivity index (χ0v) is 11.1. The van der Waals surface area contributed by atoms with Gasteiger partial charge in [0.1, 0.15) is 11.9 Å². The van der Waals surface area contributed by atoms with Gasteiger partial charge in [0.25, 0.3) is 0 Å². The highest BCUT2D eigenvalue weighted by Gasteiger charge is 2.12. The first-order valence-corrected chi connectivity index (χ1v) is 6.13. The summed E-state index contributed by atoms with van der Waals surface area (Å²) in [7, 11) is 0. The van der Waals surface area contributed by atoms with Crippen molar-refractivity contribution in [3.8, 4) is 6.07 Å². The number of nitriles is 1. The molecule has 0 radical (unpaired) electrons.